The van der Waals surface area contributed by atoms with Crippen LogP contribution in [0.25, 0.3) is 0 Å². The Bertz CT molecular complexity index is 331. The van der Waals surface area contributed by atoms with E-state index in [2.05, 4.69) is 15.9 Å². The smallest absolute Gasteiger partial charge is 0.238 e. The van der Waals surface area contributed by atoms with E-state index in [9.17, 15) is 9.59 Å². The van der Waals surface area contributed by atoms with Gasteiger partial charge in [-0.3, -0.25) is 9.59 Å². The van der Waals surface area contributed by atoms with Gasteiger partial charge in [0.2, 0.25) is 23.1 Å². The van der Waals surface area contributed by atoms with Gasteiger partial charge >= 0.3 is 0 Å². The van der Waals surface area contributed by atoms with E-state index in [1.165, 1.54) is 14.2 Å². The number of Topliss-reactive ketones (excluding diaryl/α,β-unsaturated/α-hetero) is 2. The molecule has 14 heavy (non-hydrogen) atoms. The van der Waals surface area contributed by atoms with Crippen LogP contribution in [0.1, 0.15) is 6.92 Å². The lowest BCUT2D eigenvalue weighted by Crippen LogP contribution is -2.22. The van der Waals surface area contributed by atoms with E-state index in [0.717, 1.165) is 0 Å². The number of allylic oxidation sites excluding steroid dienone is 2. The van der Waals surface area contributed by atoms with Crippen LogP contribution in [0.2, 0.25) is 0 Å². The van der Waals surface area contributed by atoms with Crippen LogP contribution in [-0.4, -0.2) is 25.8 Å². The topological polar surface area (TPSA) is 52.6 Å². The van der Waals surface area contributed by atoms with Crippen molar-refractivity contribution in [1.82, 2.24) is 0 Å². The van der Waals surface area contributed by atoms with Crippen molar-refractivity contribution in [2.75, 3.05) is 14.2 Å². The van der Waals surface area contributed by atoms with Crippen LogP contribution in [0.15, 0.2) is 21.6 Å². The summed E-state index contributed by atoms with van der Waals surface area (Å²) in [5.41, 5.74) is 0.327. The third-order valence-corrected chi connectivity index (χ3v) is 2.85. The van der Waals surface area contributed by atoms with E-state index < -0.39 is 0 Å². The van der Waals surface area contributed by atoms with Gasteiger partial charge in [-0.2, -0.15) is 0 Å². The van der Waals surface area contributed by atoms with Crippen LogP contribution in [0, 0.1) is 0 Å². The maximum atomic E-state index is 11.6. The van der Waals surface area contributed by atoms with Gasteiger partial charge in [-0.15, -0.1) is 0 Å². The maximum absolute atomic E-state index is 11.6. The molecule has 0 radical (unpaired) electrons. The molecule has 0 aromatic rings. The van der Waals surface area contributed by atoms with Gasteiger partial charge in [-0.1, -0.05) is 0 Å². The normalized spacial score (nSPS) is 17.7. The number of carbonyl (C=O) groups excluding carboxylic acids is 2. The Morgan fingerprint density at radius 3 is 1.86 bits per heavy atom. The number of ether oxygens (including phenoxy) is 2. The summed E-state index contributed by atoms with van der Waals surface area (Å²) in [6.07, 6.45) is 0. The molecule has 0 fully saturated rings. The van der Waals surface area contributed by atoms with Crippen molar-refractivity contribution in [2.45, 2.75) is 6.92 Å². The van der Waals surface area contributed by atoms with Gasteiger partial charge in [0.25, 0.3) is 0 Å². The third kappa shape index (κ3) is 1.48. The summed E-state index contributed by atoms with van der Waals surface area (Å²) < 4.78 is 9.86. The molecule has 0 saturated heterocycles. The van der Waals surface area contributed by atoms with Crippen LogP contribution in [0.4, 0.5) is 0 Å². The van der Waals surface area contributed by atoms with Crippen LogP contribution < -0.4 is 0 Å². The van der Waals surface area contributed by atoms with Crippen molar-refractivity contribution < 1.29 is 19.1 Å². The molecule has 0 amide bonds. The van der Waals surface area contributed by atoms with Gasteiger partial charge < -0.3 is 9.47 Å². The lowest BCUT2D eigenvalue weighted by atomic mass is 10.0. The van der Waals surface area contributed by atoms with Crippen molar-refractivity contribution in [3.8, 4) is 0 Å². The van der Waals surface area contributed by atoms with Gasteiger partial charge in [0.15, 0.2) is 0 Å². The molecule has 0 N–H and O–H groups in total. The first-order valence-corrected chi connectivity index (χ1v) is 4.61. The molecular weight excluding hydrogens is 252 g/mol. The first-order chi connectivity index (χ1) is 6.54. The zero-order chi connectivity index (χ0) is 10.9. The minimum Gasteiger partial charge on any atom is -0.489 e. The lowest BCUT2D eigenvalue weighted by molar-refractivity contribution is -0.120. The van der Waals surface area contributed by atoms with E-state index in [-0.39, 0.29) is 27.6 Å². The number of methoxy groups -OCH3 is 2. The minimum absolute atomic E-state index is 0.0433. The molecule has 76 valence electrons. The second-order valence-corrected chi connectivity index (χ2v) is 3.46. The molecule has 0 aromatic heterocycles. The summed E-state index contributed by atoms with van der Waals surface area (Å²) >= 11 is 3.04. The summed E-state index contributed by atoms with van der Waals surface area (Å²) in [5.74, 6) is -0.814. The molecule has 0 saturated carbocycles. The Morgan fingerprint density at radius 1 is 1.00 bits per heavy atom. The van der Waals surface area contributed by atoms with Crippen LogP contribution in [-0.2, 0) is 19.1 Å². The third-order valence-electron chi connectivity index (χ3n) is 1.90. The van der Waals surface area contributed by atoms with Crippen molar-refractivity contribution in [3.63, 3.8) is 0 Å². The molecule has 1 aliphatic rings. The Morgan fingerprint density at radius 2 is 1.43 bits per heavy atom. The van der Waals surface area contributed by atoms with Gasteiger partial charge in [0.1, 0.15) is 0 Å². The highest BCUT2D eigenvalue weighted by atomic mass is 79.9. The average Bonchev–Trinajstić information content (AvgIpc) is 2.20. The molecule has 0 unspecified atom stereocenters. The Labute approximate surface area is 89.7 Å². The second-order valence-electron chi connectivity index (χ2n) is 2.66. The first kappa shape index (κ1) is 11.0. The fourth-order valence-electron chi connectivity index (χ4n) is 1.12. The fraction of sp³-hybridized carbons (Fsp3) is 0.333. The van der Waals surface area contributed by atoms with Crippen LogP contribution >= 0.6 is 15.9 Å². The SMILES string of the molecule is COC1=C(OC)C(=O)C(Br)=C(C)C1=O. The number of carbonyl (C=O) groups is 2. The maximum Gasteiger partial charge on any atom is 0.238 e. The highest BCUT2D eigenvalue weighted by molar-refractivity contribution is 9.12. The number of ketones is 2. The van der Waals surface area contributed by atoms with Gasteiger partial charge in [-0.25, -0.2) is 0 Å². The molecule has 4 nitrogen and oxygen atoms in total. The highest BCUT2D eigenvalue weighted by Gasteiger charge is 2.33. The number of hydrogen-bond acceptors (Lipinski definition) is 4. The lowest BCUT2D eigenvalue weighted by Gasteiger charge is -2.16. The minimum atomic E-state index is -0.374. The zero-order valence-electron chi connectivity index (χ0n) is 8.01. The van der Waals surface area contributed by atoms with Gasteiger partial charge in [0, 0.05) is 5.57 Å². The Balaban J connectivity index is 3.31. The standard InChI is InChI=1S/C9H9BrO4/c1-4-5(10)7(12)9(14-3)8(13-2)6(4)11/h1-3H3. The second kappa shape index (κ2) is 3.96. The van der Waals surface area contributed by atoms with E-state index in [0.29, 0.717) is 5.57 Å². The van der Waals surface area contributed by atoms with Crippen LogP contribution in [0.5, 0.6) is 0 Å². The largest absolute Gasteiger partial charge is 0.489 e. The summed E-state index contributed by atoms with van der Waals surface area (Å²) in [6, 6.07) is 0. The predicted molar refractivity (Wildman–Crippen MR) is 52.7 cm³/mol. The van der Waals surface area contributed by atoms with Crippen molar-refractivity contribution >= 4 is 27.5 Å². The molecule has 0 heterocycles. The van der Waals surface area contributed by atoms with Gasteiger partial charge in [0.05, 0.1) is 18.7 Å². The van der Waals surface area contributed by atoms with E-state index in [1.807, 2.05) is 0 Å². The number of hydrogen-bond donors (Lipinski definition) is 0. The Hall–Kier alpha value is -1.10. The predicted octanol–water partition coefficient (Wildman–Crippen LogP) is 1.31. The Kier molecular flexibility index (Phi) is 3.10. The molecule has 1 aliphatic carbocycles. The summed E-state index contributed by atoms with van der Waals surface area (Å²) in [4.78, 5) is 23.1. The summed E-state index contributed by atoms with van der Waals surface area (Å²) in [7, 11) is 2.65. The molecule has 0 spiro atoms. The van der Waals surface area contributed by atoms with Crippen molar-refractivity contribution in [2.24, 2.45) is 0 Å². The van der Waals surface area contributed by atoms with E-state index >= 15 is 0 Å². The summed E-state index contributed by atoms with van der Waals surface area (Å²) in [6.45, 7) is 1.55. The van der Waals surface area contributed by atoms with E-state index in [4.69, 9.17) is 9.47 Å². The highest BCUT2D eigenvalue weighted by Crippen LogP contribution is 2.28. The zero-order valence-corrected chi connectivity index (χ0v) is 9.60. The van der Waals surface area contributed by atoms with Gasteiger partial charge in [-0.05, 0) is 22.9 Å². The molecule has 0 aliphatic heterocycles. The number of halogens is 1. The average molecular weight is 261 g/mol. The molecule has 5 heteroatoms. The number of rotatable bonds is 2. The molecule has 0 bridgehead atoms. The quantitative estimate of drug-likeness (QED) is 0.703. The van der Waals surface area contributed by atoms with Crippen LogP contribution in [0.3, 0.4) is 0 Å². The van der Waals surface area contributed by atoms with Crippen molar-refractivity contribution in [3.05, 3.63) is 21.6 Å². The summed E-state index contributed by atoms with van der Waals surface area (Å²) in [5, 5.41) is 0. The fourth-order valence-corrected chi connectivity index (χ4v) is 1.48. The molecule has 0 atom stereocenters. The first-order valence-electron chi connectivity index (χ1n) is 3.82. The molecule has 1 rings (SSSR count). The van der Waals surface area contributed by atoms with Crippen molar-refractivity contribution in [1.29, 1.82) is 0 Å². The molecular formula is C9H9BrO4. The molecule has 0 aromatic carbocycles. The van der Waals surface area contributed by atoms with E-state index in [1.54, 1.807) is 6.92 Å². The monoisotopic (exact) mass is 260 g/mol.